The Morgan fingerprint density at radius 3 is 2.68 bits per heavy atom. The summed E-state index contributed by atoms with van der Waals surface area (Å²) < 4.78 is 5.08. The molecule has 0 radical (unpaired) electrons. The molecule has 9 nitrogen and oxygen atoms in total. The SMILES string of the molecule is NC(N)=Nc1cccc(C(=O)NCC(=O)NCCC(=O)OCc2ccsc2)c1. The van der Waals surface area contributed by atoms with Gasteiger partial charge in [-0.05, 0) is 35.0 Å². The Balaban J connectivity index is 1.67. The van der Waals surface area contributed by atoms with Crippen LogP contribution in [-0.2, 0) is 20.9 Å². The van der Waals surface area contributed by atoms with E-state index in [1.54, 1.807) is 18.2 Å². The summed E-state index contributed by atoms with van der Waals surface area (Å²) in [4.78, 5) is 39.3. The number of nitrogens with one attached hydrogen (secondary N) is 2. The first-order valence-corrected chi connectivity index (χ1v) is 9.29. The average molecular weight is 403 g/mol. The summed E-state index contributed by atoms with van der Waals surface area (Å²) in [6.07, 6.45) is 0.0460. The Bertz CT molecular complexity index is 847. The summed E-state index contributed by atoms with van der Waals surface area (Å²) in [7, 11) is 0. The van der Waals surface area contributed by atoms with Crippen LogP contribution < -0.4 is 22.1 Å². The van der Waals surface area contributed by atoms with Crippen LogP contribution in [0.1, 0.15) is 22.3 Å². The number of carbonyl (C=O) groups excluding carboxylic acids is 3. The molecule has 6 N–H and O–H groups in total. The minimum atomic E-state index is -0.446. The molecule has 0 bridgehead atoms. The van der Waals surface area contributed by atoms with Gasteiger partial charge >= 0.3 is 5.97 Å². The first-order valence-electron chi connectivity index (χ1n) is 8.35. The summed E-state index contributed by atoms with van der Waals surface area (Å²) in [6, 6.07) is 8.20. The fourth-order valence-electron chi connectivity index (χ4n) is 2.11. The first kappa shape index (κ1) is 20.9. The fraction of sp³-hybridized carbons (Fsp3) is 0.222. The van der Waals surface area contributed by atoms with E-state index in [1.807, 2.05) is 16.8 Å². The Hall–Kier alpha value is -3.40. The van der Waals surface area contributed by atoms with Crippen LogP contribution in [0.5, 0.6) is 0 Å². The number of ether oxygens (including phenoxy) is 1. The van der Waals surface area contributed by atoms with E-state index in [1.165, 1.54) is 17.4 Å². The maximum atomic E-state index is 12.1. The molecular formula is C18H21N5O4S. The van der Waals surface area contributed by atoms with Gasteiger partial charge in [-0.2, -0.15) is 11.3 Å². The van der Waals surface area contributed by atoms with E-state index in [0.29, 0.717) is 11.3 Å². The van der Waals surface area contributed by atoms with Crippen molar-refractivity contribution in [2.24, 2.45) is 16.5 Å². The molecule has 10 heteroatoms. The number of nitrogens with two attached hydrogens (primary N) is 2. The molecule has 148 valence electrons. The molecule has 0 unspecified atom stereocenters. The lowest BCUT2D eigenvalue weighted by molar-refractivity contribution is -0.144. The van der Waals surface area contributed by atoms with Gasteiger partial charge < -0.3 is 26.8 Å². The van der Waals surface area contributed by atoms with Gasteiger partial charge in [0, 0.05) is 17.7 Å². The summed E-state index contributed by atoms with van der Waals surface area (Å²) in [5.74, 6) is -1.39. The normalized spacial score (nSPS) is 10.0. The fourth-order valence-corrected chi connectivity index (χ4v) is 2.76. The molecule has 2 amide bonds. The first-order chi connectivity index (χ1) is 13.4. The van der Waals surface area contributed by atoms with Crippen molar-refractivity contribution in [2.45, 2.75) is 13.0 Å². The predicted molar refractivity (Wildman–Crippen MR) is 106 cm³/mol. The lowest BCUT2D eigenvalue weighted by Crippen LogP contribution is -2.37. The molecule has 0 saturated carbocycles. The van der Waals surface area contributed by atoms with Crippen LogP contribution in [0.2, 0.25) is 0 Å². The molecule has 0 aliphatic carbocycles. The van der Waals surface area contributed by atoms with E-state index < -0.39 is 17.8 Å². The molecule has 1 aromatic carbocycles. The molecule has 0 fully saturated rings. The van der Waals surface area contributed by atoms with Gasteiger partial charge in [0.25, 0.3) is 5.91 Å². The lowest BCUT2D eigenvalue weighted by atomic mass is 10.2. The second-order valence-corrected chi connectivity index (χ2v) is 6.44. The molecule has 28 heavy (non-hydrogen) atoms. The van der Waals surface area contributed by atoms with Crippen molar-refractivity contribution in [1.29, 1.82) is 0 Å². The number of amides is 2. The van der Waals surface area contributed by atoms with Gasteiger partial charge in [-0.25, -0.2) is 4.99 Å². The van der Waals surface area contributed by atoms with Crippen molar-refractivity contribution >= 4 is 40.8 Å². The van der Waals surface area contributed by atoms with Gasteiger partial charge in [-0.15, -0.1) is 0 Å². The van der Waals surface area contributed by atoms with Crippen molar-refractivity contribution < 1.29 is 19.1 Å². The number of esters is 1. The van der Waals surface area contributed by atoms with Crippen molar-refractivity contribution in [2.75, 3.05) is 13.1 Å². The summed E-state index contributed by atoms with van der Waals surface area (Å²) >= 11 is 1.52. The van der Waals surface area contributed by atoms with Crippen molar-refractivity contribution in [1.82, 2.24) is 10.6 Å². The number of aliphatic imine (C=N–C) groups is 1. The van der Waals surface area contributed by atoms with Crippen LogP contribution in [-0.4, -0.2) is 36.8 Å². The second-order valence-electron chi connectivity index (χ2n) is 5.66. The lowest BCUT2D eigenvalue weighted by Gasteiger charge is -2.08. The zero-order valence-corrected chi connectivity index (χ0v) is 15.8. The summed E-state index contributed by atoms with van der Waals surface area (Å²) in [5, 5.41) is 8.82. The van der Waals surface area contributed by atoms with Crippen molar-refractivity contribution in [3.63, 3.8) is 0 Å². The number of guanidine groups is 1. The monoisotopic (exact) mass is 403 g/mol. The number of hydrogen-bond acceptors (Lipinski definition) is 6. The smallest absolute Gasteiger partial charge is 0.307 e. The maximum Gasteiger partial charge on any atom is 0.307 e. The maximum absolute atomic E-state index is 12.1. The van der Waals surface area contributed by atoms with Crippen LogP contribution in [0.25, 0.3) is 0 Å². The highest BCUT2D eigenvalue weighted by atomic mass is 32.1. The number of thiophene rings is 1. The van der Waals surface area contributed by atoms with E-state index in [4.69, 9.17) is 16.2 Å². The van der Waals surface area contributed by atoms with Crippen LogP contribution in [0.15, 0.2) is 46.1 Å². The minimum absolute atomic E-state index is 0.0460. The van der Waals surface area contributed by atoms with E-state index in [-0.39, 0.29) is 32.1 Å². The molecule has 1 aromatic heterocycles. The number of hydrogen-bond donors (Lipinski definition) is 4. The van der Waals surface area contributed by atoms with E-state index >= 15 is 0 Å². The standard InChI is InChI=1S/C18H21N5O4S/c19-18(20)23-14-3-1-2-13(8-14)17(26)22-9-15(24)21-6-4-16(25)27-10-12-5-7-28-11-12/h1-3,5,7-8,11H,4,6,9-10H2,(H,21,24)(H,22,26)(H4,19,20,23). The third-order valence-electron chi connectivity index (χ3n) is 3.41. The molecule has 0 saturated heterocycles. The quantitative estimate of drug-likeness (QED) is 0.274. The zero-order chi connectivity index (χ0) is 20.4. The van der Waals surface area contributed by atoms with E-state index in [9.17, 15) is 14.4 Å². The number of carbonyl (C=O) groups is 3. The number of nitrogens with zero attached hydrogens (tertiary/aromatic N) is 1. The van der Waals surface area contributed by atoms with Gasteiger partial charge in [-0.1, -0.05) is 6.07 Å². The van der Waals surface area contributed by atoms with Crippen molar-refractivity contribution in [3.05, 3.63) is 52.2 Å². The predicted octanol–water partition coefficient (Wildman–Crippen LogP) is 0.632. The Labute approximate surface area is 165 Å². The number of benzene rings is 1. The molecule has 0 aliphatic heterocycles. The third-order valence-corrected chi connectivity index (χ3v) is 4.14. The van der Waals surface area contributed by atoms with Gasteiger partial charge in [0.05, 0.1) is 18.7 Å². The van der Waals surface area contributed by atoms with Crippen LogP contribution >= 0.6 is 11.3 Å². The van der Waals surface area contributed by atoms with Gasteiger partial charge in [0.1, 0.15) is 6.61 Å². The largest absolute Gasteiger partial charge is 0.461 e. The molecule has 0 atom stereocenters. The highest BCUT2D eigenvalue weighted by Crippen LogP contribution is 2.13. The van der Waals surface area contributed by atoms with Crippen LogP contribution in [0.4, 0.5) is 5.69 Å². The minimum Gasteiger partial charge on any atom is -0.461 e. The van der Waals surface area contributed by atoms with Crippen LogP contribution in [0, 0.1) is 0 Å². The van der Waals surface area contributed by atoms with Crippen molar-refractivity contribution in [3.8, 4) is 0 Å². The molecule has 2 rings (SSSR count). The Morgan fingerprint density at radius 1 is 1.14 bits per heavy atom. The number of rotatable bonds is 9. The molecule has 2 aromatic rings. The highest BCUT2D eigenvalue weighted by Gasteiger charge is 2.10. The average Bonchev–Trinajstić information content (AvgIpc) is 3.18. The van der Waals surface area contributed by atoms with Crippen LogP contribution in [0.3, 0.4) is 0 Å². The molecule has 0 spiro atoms. The third kappa shape index (κ3) is 7.46. The Kier molecular flexibility index (Phi) is 7.97. The van der Waals surface area contributed by atoms with Gasteiger partial charge in [0.2, 0.25) is 5.91 Å². The summed E-state index contributed by atoms with van der Waals surface area (Å²) in [5.41, 5.74) is 12.3. The van der Waals surface area contributed by atoms with Gasteiger partial charge in [-0.3, -0.25) is 14.4 Å². The van der Waals surface area contributed by atoms with Gasteiger partial charge in [0.15, 0.2) is 5.96 Å². The molecular weight excluding hydrogens is 382 g/mol. The van der Waals surface area contributed by atoms with E-state index in [0.717, 1.165) is 5.56 Å². The Morgan fingerprint density at radius 2 is 1.96 bits per heavy atom. The zero-order valence-electron chi connectivity index (χ0n) is 15.0. The second kappa shape index (κ2) is 10.7. The van der Waals surface area contributed by atoms with E-state index in [2.05, 4.69) is 15.6 Å². The topological polar surface area (TPSA) is 149 Å². The molecule has 1 heterocycles. The highest BCUT2D eigenvalue weighted by molar-refractivity contribution is 7.07. The molecule has 0 aliphatic rings. The summed E-state index contributed by atoms with van der Waals surface area (Å²) in [6.45, 7) is 0.109.